The first-order valence-corrected chi connectivity index (χ1v) is 9.73. The lowest BCUT2D eigenvalue weighted by molar-refractivity contribution is -0.130. The largest absolute Gasteiger partial charge is 0.434 e. The Labute approximate surface area is 199 Å². The van der Waals surface area contributed by atoms with Gasteiger partial charge in [-0.1, -0.05) is 48.0 Å². The molecule has 0 unspecified atom stereocenters. The molecule has 0 atom stereocenters. The lowest BCUT2D eigenvalue weighted by Gasteiger charge is -2.22. The van der Waals surface area contributed by atoms with E-state index < -0.39 is 6.61 Å². The number of hydrogen-bond donors (Lipinski definition) is 2. The van der Waals surface area contributed by atoms with Crippen molar-refractivity contribution in [2.24, 2.45) is 4.99 Å². The summed E-state index contributed by atoms with van der Waals surface area (Å²) in [5.41, 5.74) is 2.55. The monoisotopic (exact) mass is 546 g/mol. The fourth-order valence-electron chi connectivity index (χ4n) is 2.91. The number of alkyl halides is 2. The average Bonchev–Trinajstić information content (AvgIpc) is 2.74. The Morgan fingerprint density at radius 2 is 1.87 bits per heavy atom. The Hall–Kier alpha value is -2.43. The number of guanidine groups is 1. The summed E-state index contributed by atoms with van der Waals surface area (Å²) in [4.78, 5) is 18.4. The summed E-state index contributed by atoms with van der Waals surface area (Å²) in [6, 6.07) is 14.8. The molecule has 0 bridgehead atoms. The second-order valence-corrected chi connectivity index (χ2v) is 6.66. The molecule has 0 fully saturated rings. The lowest BCUT2D eigenvalue weighted by Crippen LogP contribution is -2.44. The van der Waals surface area contributed by atoms with Crippen molar-refractivity contribution in [3.05, 3.63) is 65.2 Å². The molecule has 0 saturated carbocycles. The van der Waals surface area contributed by atoms with E-state index in [9.17, 15) is 13.6 Å². The summed E-state index contributed by atoms with van der Waals surface area (Å²) in [5.74, 6) is 0.430. The van der Waals surface area contributed by atoms with E-state index >= 15 is 0 Å². The van der Waals surface area contributed by atoms with Crippen LogP contribution in [0.4, 0.5) is 8.78 Å². The zero-order valence-corrected chi connectivity index (χ0v) is 20.2. The van der Waals surface area contributed by atoms with E-state index in [1.165, 1.54) is 6.07 Å². The second kappa shape index (κ2) is 13.8. The van der Waals surface area contributed by atoms with Crippen LogP contribution >= 0.6 is 24.0 Å². The third kappa shape index (κ3) is 9.07. The maximum absolute atomic E-state index is 12.6. The number of ether oxygens (including phenoxy) is 1. The van der Waals surface area contributed by atoms with Gasteiger partial charge in [-0.15, -0.1) is 24.0 Å². The third-order valence-electron chi connectivity index (χ3n) is 4.46. The number of aryl methyl sites for hydroxylation is 1. The number of nitrogens with zero attached hydrogens (tertiary/aromatic N) is 2. The summed E-state index contributed by atoms with van der Waals surface area (Å²) in [7, 11) is 1.58. The molecule has 9 heteroatoms. The van der Waals surface area contributed by atoms with Gasteiger partial charge in [0.2, 0.25) is 5.91 Å². The summed E-state index contributed by atoms with van der Waals surface area (Å²) in [6.45, 7) is 2.30. The molecule has 0 aliphatic carbocycles. The minimum atomic E-state index is -2.90. The molecule has 170 valence electrons. The number of carbonyl (C=O) groups excluding carboxylic acids is 1. The van der Waals surface area contributed by atoms with Crippen molar-refractivity contribution in [3.8, 4) is 5.75 Å². The van der Waals surface area contributed by atoms with E-state index in [1.807, 2.05) is 44.2 Å². The Bertz CT molecular complexity index is 851. The highest BCUT2D eigenvalue weighted by Crippen LogP contribution is 2.21. The quantitative estimate of drug-likeness (QED) is 0.284. The number of amides is 1. The lowest BCUT2D eigenvalue weighted by atomic mass is 10.1. The number of likely N-dealkylation sites (N-methyl/N-ethyl adjacent to an activating group) is 1. The number of nitrogens with one attached hydrogen (secondary N) is 2. The molecule has 2 aromatic rings. The van der Waals surface area contributed by atoms with Crippen LogP contribution in [0.1, 0.15) is 23.6 Å². The molecule has 0 aliphatic heterocycles. The Kier molecular flexibility index (Phi) is 11.8. The molecule has 1 amide bonds. The topological polar surface area (TPSA) is 66.0 Å². The molecule has 2 N–H and O–H groups in total. The second-order valence-electron chi connectivity index (χ2n) is 6.66. The van der Waals surface area contributed by atoms with E-state index in [-0.39, 0.29) is 48.7 Å². The Balaban J connectivity index is 0.00000480. The molecule has 0 aromatic heterocycles. The van der Waals surface area contributed by atoms with Crippen molar-refractivity contribution in [2.45, 2.75) is 33.5 Å². The first-order valence-electron chi connectivity index (χ1n) is 9.73. The van der Waals surface area contributed by atoms with Crippen LogP contribution in [0.5, 0.6) is 5.75 Å². The SMILES string of the molecule is CCN(Cc1ccccc1)C(=O)CNC(=NC)NCc1cc(C)ccc1OC(F)F.I. The molecule has 2 rings (SSSR count). The van der Waals surface area contributed by atoms with E-state index in [0.29, 0.717) is 24.6 Å². The molecule has 2 aromatic carbocycles. The molecule has 0 saturated heterocycles. The summed E-state index contributed by atoms with van der Waals surface area (Å²) >= 11 is 0. The predicted molar refractivity (Wildman–Crippen MR) is 129 cm³/mol. The highest BCUT2D eigenvalue weighted by molar-refractivity contribution is 14.0. The maximum atomic E-state index is 12.6. The van der Waals surface area contributed by atoms with Gasteiger partial charge in [-0.3, -0.25) is 9.79 Å². The number of rotatable bonds is 9. The Morgan fingerprint density at radius 1 is 1.16 bits per heavy atom. The number of carbonyl (C=O) groups is 1. The summed E-state index contributed by atoms with van der Waals surface area (Å²) in [5, 5.41) is 6.01. The van der Waals surface area contributed by atoms with Crippen LogP contribution in [0.25, 0.3) is 0 Å². The van der Waals surface area contributed by atoms with Gasteiger partial charge in [0, 0.05) is 32.2 Å². The first-order chi connectivity index (χ1) is 14.4. The van der Waals surface area contributed by atoms with Gasteiger partial charge in [-0.2, -0.15) is 8.78 Å². The minimum absolute atomic E-state index is 0. The zero-order valence-electron chi connectivity index (χ0n) is 17.9. The maximum Gasteiger partial charge on any atom is 0.387 e. The van der Waals surface area contributed by atoms with Gasteiger partial charge in [0.25, 0.3) is 0 Å². The van der Waals surface area contributed by atoms with Crippen molar-refractivity contribution in [1.29, 1.82) is 0 Å². The highest BCUT2D eigenvalue weighted by Gasteiger charge is 2.14. The van der Waals surface area contributed by atoms with Crippen LogP contribution in [-0.4, -0.2) is 43.5 Å². The van der Waals surface area contributed by atoms with Gasteiger partial charge >= 0.3 is 6.61 Å². The molecular weight excluding hydrogens is 517 g/mol. The summed E-state index contributed by atoms with van der Waals surface area (Å²) < 4.78 is 29.8. The van der Waals surface area contributed by atoms with Crippen LogP contribution in [0.3, 0.4) is 0 Å². The molecule has 31 heavy (non-hydrogen) atoms. The van der Waals surface area contributed by atoms with Gasteiger partial charge < -0.3 is 20.3 Å². The van der Waals surface area contributed by atoms with Crippen LogP contribution in [0, 0.1) is 6.92 Å². The molecular formula is C22H29F2IN4O2. The number of halogens is 3. The van der Waals surface area contributed by atoms with Crippen LogP contribution in [-0.2, 0) is 17.9 Å². The normalized spacial score (nSPS) is 11.0. The van der Waals surface area contributed by atoms with Gasteiger partial charge in [-0.25, -0.2) is 0 Å². The van der Waals surface area contributed by atoms with Crippen molar-refractivity contribution in [1.82, 2.24) is 15.5 Å². The average molecular weight is 546 g/mol. The van der Waals surface area contributed by atoms with Gasteiger partial charge in [-0.05, 0) is 25.5 Å². The van der Waals surface area contributed by atoms with Gasteiger partial charge in [0.15, 0.2) is 5.96 Å². The fraction of sp³-hybridized carbons (Fsp3) is 0.364. The van der Waals surface area contributed by atoms with E-state index in [4.69, 9.17) is 0 Å². The van der Waals surface area contributed by atoms with Gasteiger partial charge in [0.1, 0.15) is 5.75 Å². The summed E-state index contributed by atoms with van der Waals surface area (Å²) in [6.07, 6.45) is 0. The molecule has 0 heterocycles. The number of benzene rings is 2. The van der Waals surface area contributed by atoms with Crippen LogP contribution in [0.2, 0.25) is 0 Å². The van der Waals surface area contributed by atoms with Crippen molar-refractivity contribution >= 4 is 35.8 Å². The highest BCUT2D eigenvalue weighted by atomic mass is 127. The van der Waals surface area contributed by atoms with Gasteiger partial charge in [0.05, 0.1) is 6.54 Å². The van der Waals surface area contributed by atoms with E-state index in [0.717, 1.165) is 11.1 Å². The molecule has 0 aliphatic rings. The molecule has 0 radical (unpaired) electrons. The Morgan fingerprint density at radius 3 is 2.48 bits per heavy atom. The van der Waals surface area contributed by atoms with Crippen molar-refractivity contribution in [2.75, 3.05) is 20.1 Å². The van der Waals surface area contributed by atoms with Crippen molar-refractivity contribution < 1.29 is 18.3 Å². The van der Waals surface area contributed by atoms with Crippen LogP contribution in [0.15, 0.2) is 53.5 Å². The number of hydrogen-bond acceptors (Lipinski definition) is 3. The van der Waals surface area contributed by atoms with Crippen molar-refractivity contribution in [3.63, 3.8) is 0 Å². The molecule has 0 spiro atoms. The standard InChI is InChI=1S/C22H28F2N4O2.HI/c1-4-28(15-17-8-6-5-7-9-17)20(29)14-27-22(25-3)26-13-18-12-16(2)10-11-19(18)30-21(23)24;/h5-12,21H,4,13-15H2,1-3H3,(H2,25,26,27);1H. The number of aliphatic imine (C=N–C) groups is 1. The third-order valence-corrected chi connectivity index (χ3v) is 4.46. The minimum Gasteiger partial charge on any atom is -0.434 e. The smallest absolute Gasteiger partial charge is 0.387 e. The van der Waals surface area contributed by atoms with E-state index in [1.54, 1.807) is 24.1 Å². The zero-order chi connectivity index (χ0) is 21.9. The first kappa shape index (κ1) is 26.6. The fourth-order valence-corrected chi connectivity index (χ4v) is 2.91. The molecule has 6 nitrogen and oxygen atoms in total. The predicted octanol–water partition coefficient (Wildman–Crippen LogP) is 3.93. The van der Waals surface area contributed by atoms with E-state index in [2.05, 4.69) is 20.4 Å². The van der Waals surface area contributed by atoms with Crippen LogP contribution < -0.4 is 15.4 Å².